The second kappa shape index (κ2) is 9.26. The molecule has 0 bridgehead atoms. The Hall–Kier alpha value is -3.02. The Balaban J connectivity index is 1.49. The van der Waals surface area contributed by atoms with Crippen LogP contribution in [-0.4, -0.2) is 43.5 Å². The number of hydrogen-bond acceptors (Lipinski definition) is 4. The molecule has 0 heterocycles. The summed E-state index contributed by atoms with van der Waals surface area (Å²) in [6.45, 7) is 0.144. The van der Waals surface area contributed by atoms with Gasteiger partial charge < -0.3 is 20.3 Å². The number of nitrogens with zero attached hydrogens (tertiary/aromatic N) is 1. The highest BCUT2D eigenvalue weighted by Crippen LogP contribution is 2.25. The molecule has 28 heavy (non-hydrogen) atoms. The van der Waals surface area contributed by atoms with Gasteiger partial charge in [0, 0.05) is 37.1 Å². The van der Waals surface area contributed by atoms with Crippen LogP contribution >= 0.6 is 0 Å². The predicted molar refractivity (Wildman–Crippen MR) is 111 cm³/mol. The van der Waals surface area contributed by atoms with Crippen molar-refractivity contribution in [1.82, 2.24) is 4.90 Å². The van der Waals surface area contributed by atoms with Crippen LogP contribution in [0.2, 0.25) is 0 Å². The molecule has 148 valence electrons. The van der Waals surface area contributed by atoms with Gasteiger partial charge in [0.1, 0.15) is 5.75 Å². The maximum absolute atomic E-state index is 12.2. The number of anilines is 2. The van der Waals surface area contributed by atoms with Crippen molar-refractivity contribution in [2.45, 2.75) is 31.8 Å². The van der Waals surface area contributed by atoms with E-state index in [0.29, 0.717) is 17.4 Å². The first-order chi connectivity index (χ1) is 13.5. The van der Waals surface area contributed by atoms with Crippen LogP contribution in [0.25, 0.3) is 0 Å². The summed E-state index contributed by atoms with van der Waals surface area (Å²) >= 11 is 0. The Bertz CT molecular complexity index is 812. The second-order valence-electron chi connectivity index (χ2n) is 7.23. The number of hydrogen-bond donors (Lipinski definition) is 2. The zero-order valence-corrected chi connectivity index (χ0v) is 16.4. The van der Waals surface area contributed by atoms with Crippen LogP contribution in [0.3, 0.4) is 0 Å². The third-order valence-corrected chi connectivity index (χ3v) is 4.71. The Labute approximate surface area is 165 Å². The monoisotopic (exact) mass is 381 g/mol. The predicted octanol–water partition coefficient (Wildman–Crippen LogP) is 3.76. The number of rotatable bonds is 7. The van der Waals surface area contributed by atoms with E-state index >= 15 is 0 Å². The minimum atomic E-state index is -0.159. The van der Waals surface area contributed by atoms with E-state index in [1.54, 1.807) is 38.4 Å². The summed E-state index contributed by atoms with van der Waals surface area (Å²) in [7, 11) is 3.41. The smallest absolute Gasteiger partial charge is 0.253 e. The van der Waals surface area contributed by atoms with Gasteiger partial charge in [-0.05, 0) is 62.1 Å². The first-order valence-corrected chi connectivity index (χ1v) is 9.63. The summed E-state index contributed by atoms with van der Waals surface area (Å²) in [5.74, 6) is 0.603. The minimum Gasteiger partial charge on any atom is -0.490 e. The van der Waals surface area contributed by atoms with E-state index in [0.717, 1.165) is 24.3 Å². The van der Waals surface area contributed by atoms with Gasteiger partial charge in [-0.15, -0.1) is 0 Å². The zero-order chi connectivity index (χ0) is 19.9. The van der Waals surface area contributed by atoms with Gasteiger partial charge >= 0.3 is 0 Å². The van der Waals surface area contributed by atoms with E-state index in [2.05, 4.69) is 10.6 Å². The van der Waals surface area contributed by atoms with Crippen LogP contribution in [0.5, 0.6) is 5.75 Å². The molecule has 1 fully saturated rings. The summed E-state index contributed by atoms with van der Waals surface area (Å²) in [4.78, 5) is 25.6. The van der Waals surface area contributed by atoms with Crippen molar-refractivity contribution in [2.75, 3.05) is 31.3 Å². The van der Waals surface area contributed by atoms with Gasteiger partial charge in [0.2, 0.25) is 5.91 Å². The van der Waals surface area contributed by atoms with E-state index in [1.165, 1.54) is 17.7 Å². The fourth-order valence-electron chi connectivity index (χ4n) is 3.22. The van der Waals surface area contributed by atoms with E-state index in [1.807, 2.05) is 24.3 Å². The summed E-state index contributed by atoms with van der Waals surface area (Å²) in [5.41, 5.74) is 2.08. The molecule has 6 heteroatoms. The summed E-state index contributed by atoms with van der Waals surface area (Å²) < 4.78 is 5.99. The SMILES string of the molecule is CN(C)C(=O)c1ccc(NC(=O)CNc2cccc(OC3CCCC3)c2)cc1. The quantitative estimate of drug-likeness (QED) is 0.766. The fourth-order valence-corrected chi connectivity index (χ4v) is 3.22. The van der Waals surface area contributed by atoms with Crippen molar-refractivity contribution in [3.8, 4) is 5.75 Å². The normalized spacial score (nSPS) is 13.8. The first kappa shape index (κ1) is 19.7. The lowest BCUT2D eigenvalue weighted by Gasteiger charge is -2.14. The van der Waals surface area contributed by atoms with Crippen LogP contribution < -0.4 is 15.4 Å². The van der Waals surface area contributed by atoms with Crippen molar-refractivity contribution in [1.29, 1.82) is 0 Å². The number of amides is 2. The van der Waals surface area contributed by atoms with Crippen molar-refractivity contribution < 1.29 is 14.3 Å². The molecule has 3 rings (SSSR count). The van der Waals surface area contributed by atoms with E-state index in [-0.39, 0.29) is 18.4 Å². The second-order valence-corrected chi connectivity index (χ2v) is 7.23. The van der Waals surface area contributed by atoms with Gasteiger partial charge in [0.15, 0.2) is 0 Å². The Morgan fingerprint density at radius 1 is 1.04 bits per heavy atom. The van der Waals surface area contributed by atoms with E-state index in [9.17, 15) is 9.59 Å². The number of ether oxygens (including phenoxy) is 1. The topological polar surface area (TPSA) is 70.7 Å². The van der Waals surface area contributed by atoms with Crippen LogP contribution in [0.1, 0.15) is 36.0 Å². The lowest BCUT2D eigenvalue weighted by Crippen LogP contribution is -2.23. The van der Waals surface area contributed by atoms with E-state index in [4.69, 9.17) is 4.74 Å². The van der Waals surface area contributed by atoms with Gasteiger partial charge in [-0.3, -0.25) is 9.59 Å². The van der Waals surface area contributed by atoms with Gasteiger partial charge in [-0.2, -0.15) is 0 Å². The zero-order valence-electron chi connectivity index (χ0n) is 16.4. The molecule has 0 aromatic heterocycles. The van der Waals surface area contributed by atoms with Crippen molar-refractivity contribution in [2.24, 2.45) is 0 Å². The number of benzene rings is 2. The lowest BCUT2D eigenvalue weighted by atomic mass is 10.2. The largest absolute Gasteiger partial charge is 0.490 e. The fraction of sp³-hybridized carbons (Fsp3) is 0.364. The average Bonchev–Trinajstić information content (AvgIpc) is 3.20. The molecule has 0 atom stereocenters. The lowest BCUT2D eigenvalue weighted by molar-refractivity contribution is -0.114. The van der Waals surface area contributed by atoms with Gasteiger partial charge in [0.25, 0.3) is 5.91 Å². The molecule has 0 spiro atoms. The molecular weight excluding hydrogens is 354 g/mol. The van der Waals surface area contributed by atoms with Crippen LogP contribution in [0.4, 0.5) is 11.4 Å². The molecule has 1 saturated carbocycles. The van der Waals surface area contributed by atoms with Crippen molar-refractivity contribution >= 4 is 23.2 Å². The minimum absolute atomic E-state index is 0.0701. The first-order valence-electron chi connectivity index (χ1n) is 9.63. The molecule has 0 radical (unpaired) electrons. The third-order valence-electron chi connectivity index (χ3n) is 4.71. The molecule has 2 aromatic rings. The van der Waals surface area contributed by atoms with Crippen molar-refractivity contribution in [3.63, 3.8) is 0 Å². The third kappa shape index (κ3) is 5.49. The number of carbonyl (C=O) groups is 2. The standard InChI is InChI=1S/C22H27N3O3/c1-25(2)22(27)16-10-12-17(13-11-16)24-21(26)15-23-18-6-5-9-20(14-18)28-19-7-3-4-8-19/h5-6,9-14,19,23H,3-4,7-8,15H2,1-2H3,(H,24,26). The maximum atomic E-state index is 12.2. The van der Waals surface area contributed by atoms with Crippen molar-refractivity contribution in [3.05, 3.63) is 54.1 Å². The highest BCUT2D eigenvalue weighted by molar-refractivity contribution is 5.96. The molecule has 6 nitrogen and oxygen atoms in total. The van der Waals surface area contributed by atoms with Gasteiger partial charge in [0.05, 0.1) is 12.6 Å². The Kier molecular flexibility index (Phi) is 6.53. The molecule has 2 N–H and O–H groups in total. The molecule has 1 aliphatic rings. The molecule has 2 aromatic carbocycles. The summed E-state index contributed by atoms with van der Waals surface area (Å²) in [5, 5.41) is 5.94. The highest BCUT2D eigenvalue weighted by atomic mass is 16.5. The summed E-state index contributed by atoms with van der Waals surface area (Å²) in [6.07, 6.45) is 4.99. The Morgan fingerprint density at radius 2 is 1.75 bits per heavy atom. The maximum Gasteiger partial charge on any atom is 0.253 e. The number of nitrogens with one attached hydrogen (secondary N) is 2. The molecule has 0 unspecified atom stereocenters. The molecule has 0 saturated heterocycles. The van der Waals surface area contributed by atoms with Gasteiger partial charge in [-0.25, -0.2) is 0 Å². The van der Waals surface area contributed by atoms with Crippen LogP contribution in [-0.2, 0) is 4.79 Å². The molecule has 1 aliphatic carbocycles. The van der Waals surface area contributed by atoms with Gasteiger partial charge in [-0.1, -0.05) is 6.07 Å². The highest BCUT2D eigenvalue weighted by Gasteiger charge is 2.16. The van der Waals surface area contributed by atoms with E-state index < -0.39 is 0 Å². The average molecular weight is 381 g/mol. The summed E-state index contributed by atoms with van der Waals surface area (Å²) in [6, 6.07) is 14.6. The van der Waals surface area contributed by atoms with Crippen LogP contribution in [0.15, 0.2) is 48.5 Å². The Morgan fingerprint density at radius 3 is 2.43 bits per heavy atom. The number of carbonyl (C=O) groups excluding carboxylic acids is 2. The van der Waals surface area contributed by atoms with Crippen LogP contribution in [0, 0.1) is 0 Å². The molecule has 2 amide bonds. The molecule has 0 aliphatic heterocycles. The molecular formula is C22H27N3O3.